The summed E-state index contributed by atoms with van der Waals surface area (Å²) in [6.07, 6.45) is 0. The van der Waals surface area contributed by atoms with Crippen molar-refractivity contribution in [3.05, 3.63) is 34.1 Å². The predicted octanol–water partition coefficient (Wildman–Crippen LogP) is 2.92. The van der Waals surface area contributed by atoms with Gasteiger partial charge in [0.25, 0.3) is 0 Å². The first-order chi connectivity index (χ1) is 6.27. The average Bonchev–Trinajstić information content (AvgIpc) is 2.56. The van der Waals surface area contributed by atoms with Crippen molar-refractivity contribution in [1.82, 2.24) is 5.32 Å². The minimum absolute atomic E-state index is 0.132. The topological polar surface area (TPSA) is 12.0 Å². The lowest BCUT2D eigenvalue weighted by atomic mass is 10.2. The van der Waals surface area contributed by atoms with Gasteiger partial charge in [0.15, 0.2) is 0 Å². The first-order valence-electron chi connectivity index (χ1n) is 4.07. The van der Waals surface area contributed by atoms with Gasteiger partial charge in [-0.3, -0.25) is 0 Å². The number of benzene rings is 1. The van der Waals surface area contributed by atoms with Gasteiger partial charge in [0.1, 0.15) is 5.82 Å². The Morgan fingerprint density at radius 1 is 1.54 bits per heavy atom. The normalized spacial score (nSPS) is 22.2. The lowest BCUT2D eigenvalue weighted by Gasteiger charge is -2.10. The fraction of sp³-hybridized carbons (Fsp3) is 0.333. The van der Waals surface area contributed by atoms with Gasteiger partial charge in [0, 0.05) is 22.3 Å². The van der Waals surface area contributed by atoms with Gasteiger partial charge in [-0.25, -0.2) is 4.39 Å². The van der Waals surface area contributed by atoms with Crippen molar-refractivity contribution in [1.29, 1.82) is 0 Å². The highest BCUT2D eigenvalue weighted by Crippen LogP contribution is 2.32. The van der Waals surface area contributed by atoms with Crippen LogP contribution in [0.3, 0.4) is 0 Å². The van der Waals surface area contributed by atoms with Gasteiger partial charge in [0.05, 0.1) is 5.37 Å². The lowest BCUT2D eigenvalue weighted by molar-refractivity contribution is 0.595. The van der Waals surface area contributed by atoms with Crippen molar-refractivity contribution < 1.29 is 4.39 Å². The van der Waals surface area contributed by atoms with E-state index in [2.05, 4.69) is 21.2 Å². The third-order valence-electron chi connectivity index (χ3n) is 1.96. The van der Waals surface area contributed by atoms with Gasteiger partial charge in [0.2, 0.25) is 0 Å². The Morgan fingerprint density at radius 2 is 2.38 bits per heavy atom. The van der Waals surface area contributed by atoms with Crippen LogP contribution in [-0.4, -0.2) is 12.3 Å². The molecule has 1 atom stereocenters. The molecule has 70 valence electrons. The molecule has 13 heavy (non-hydrogen) atoms. The second-order valence-electron chi connectivity index (χ2n) is 2.87. The molecule has 0 amide bonds. The van der Waals surface area contributed by atoms with Crippen LogP contribution in [0.1, 0.15) is 10.9 Å². The van der Waals surface area contributed by atoms with E-state index >= 15 is 0 Å². The van der Waals surface area contributed by atoms with E-state index in [1.165, 1.54) is 6.07 Å². The highest BCUT2D eigenvalue weighted by atomic mass is 79.9. The monoisotopic (exact) mass is 261 g/mol. The largest absolute Gasteiger partial charge is 0.301 e. The van der Waals surface area contributed by atoms with Crippen molar-refractivity contribution in [2.24, 2.45) is 0 Å². The van der Waals surface area contributed by atoms with E-state index in [9.17, 15) is 4.39 Å². The molecule has 0 aromatic heterocycles. The lowest BCUT2D eigenvalue weighted by Crippen LogP contribution is -2.13. The zero-order valence-electron chi connectivity index (χ0n) is 6.89. The molecule has 0 spiro atoms. The van der Waals surface area contributed by atoms with E-state index in [0.717, 1.165) is 22.3 Å². The van der Waals surface area contributed by atoms with Gasteiger partial charge in [-0.15, -0.1) is 11.8 Å². The molecule has 1 aromatic carbocycles. The number of thioether (sulfide) groups is 1. The number of hydrogen-bond acceptors (Lipinski definition) is 2. The minimum atomic E-state index is -0.138. The molecule has 2 rings (SSSR count). The first-order valence-corrected chi connectivity index (χ1v) is 5.91. The van der Waals surface area contributed by atoms with E-state index in [1.807, 2.05) is 12.1 Å². The van der Waals surface area contributed by atoms with E-state index in [4.69, 9.17) is 0 Å². The average molecular weight is 262 g/mol. The molecule has 1 nitrogen and oxygen atoms in total. The molecule has 1 aliphatic heterocycles. The van der Waals surface area contributed by atoms with E-state index in [0.29, 0.717) is 0 Å². The molecule has 4 heteroatoms. The molecule has 0 bridgehead atoms. The first kappa shape index (κ1) is 9.49. The van der Waals surface area contributed by atoms with Gasteiger partial charge >= 0.3 is 0 Å². The Labute approximate surface area is 89.2 Å². The molecule has 0 radical (unpaired) electrons. The van der Waals surface area contributed by atoms with Crippen molar-refractivity contribution in [3.8, 4) is 0 Å². The molecule has 1 unspecified atom stereocenters. The number of nitrogens with one attached hydrogen (secondary N) is 1. The van der Waals surface area contributed by atoms with Crippen LogP contribution in [0.4, 0.5) is 4.39 Å². The molecule has 1 heterocycles. The van der Waals surface area contributed by atoms with Crippen LogP contribution in [0.25, 0.3) is 0 Å². The fourth-order valence-electron chi connectivity index (χ4n) is 1.34. The quantitative estimate of drug-likeness (QED) is 0.835. The third kappa shape index (κ3) is 2.06. The molecule has 1 fully saturated rings. The summed E-state index contributed by atoms with van der Waals surface area (Å²) in [7, 11) is 0. The maximum Gasteiger partial charge on any atom is 0.129 e. The Kier molecular flexibility index (Phi) is 2.91. The summed E-state index contributed by atoms with van der Waals surface area (Å²) in [6.45, 7) is 0.963. The Morgan fingerprint density at radius 3 is 3.00 bits per heavy atom. The molecular formula is C9H9BrFNS. The molecule has 0 saturated carbocycles. The van der Waals surface area contributed by atoms with Gasteiger partial charge < -0.3 is 5.32 Å². The zero-order valence-corrected chi connectivity index (χ0v) is 9.29. The Hall–Kier alpha value is -0.0600. The Bertz CT molecular complexity index is 312. The highest BCUT2D eigenvalue weighted by Gasteiger charge is 2.19. The third-order valence-corrected chi connectivity index (χ3v) is 3.65. The van der Waals surface area contributed by atoms with Crippen molar-refractivity contribution in [2.45, 2.75) is 5.37 Å². The zero-order chi connectivity index (χ0) is 9.26. The maximum atomic E-state index is 13.4. The van der Waals surface area contributed by atoms with Crippen LogP contribution >= 0.6 is 27.7 Å². The molecule has 1 saturated heterocycles. The van der Waals surface area contributed by atoms with Crippen molar-refractivity contribution >= 4 is 27.7 Å². The molecule has 1 aromatic rings. The summed E-state index contributed by atoms with van der Waals surface area (Å²) >= 11 is 4.99. The van der Waals surface area contributed by atoms with E-state index in [-0.39, 0.29) is 11.2 Å². The van der Waals surface area contributed by atoms with Crippen LogP contribution in [0.2, 0.25) is 0 Å². The number of hydrogen-bond donors (Lipinski definition) is 1. The SMILES string of the molecule is Fc1cc(Br)ccc1C1NCCS1. The van der Waals surface area contributed by atoms with Gasteiger partial charge in [-0.2, -0.15) is 0 Å². The van der Waals surface area contributed by atoms with Crippen molar-refractivity contribution in [3.63, 3.8) is 0 Å². The predicted molar refractivity (Wildman–Crippen MR) is 57.3 cm³/mol. The van der Waals surface area contributed by atoms with Gasteiger partial charge in [-0.1, -0.05) is 22.0 Å². The van der Waals surface area contributed by atoms with Crippen LogP contribution in [0.15, 0.2) is 22.7 Å². The second-order valence-corrected chi connectivity index (χ2v) is 5.00. The fourth-order valence-corrected chi connectivity index (χ4v) is 2.75. The maximum absolute atomic E-state index is 13.4. The summed E-state index contributed by atoms with van der Waals surface area (Å²) in [6, 6.07) is 5.21. The summed E-state index contributed by atoms with van der Waals surface area (Å²) < 4.78 is 14.2. The molecule has 1 aliphatic rings. The minimum Gasteiger partial charge on any atom is -0.301 e. The van der Waals surface area contributed by atoms with E-state index < -0.39 is 0 Å². The van der Waals surface area contributed by atoms with E-state index in [1.54, 1.807) is 11.8 Å². The number of halogens is 2. The highest BCUT2D eigenvalue weighted by molar-refractivity contribution is 9.10. The Balaban J connectivity index is 2.29. The second kappa shape index (κ2) is 3.98. The smallest absolute Gasteiger partial charge is 0.129 e. The summed E-state index contributed by atoms with van der Waals surface area (Å²) in [5.74, 6) is 0.918. The van der Waals surface area contributed by atoms with Gasteiger partial charge in [-0.05, 0) is 12.1 Å². The molecular weight excluding hydrogens is 253 g/mol. The summed E-state index contributed by atoms with van der Waals surface area (Å²) in [5, 5.41) is 3.37. The van der Waals surface area contributed by atoms with Crippen LogP contribution in [-0.2, 0) is 0 Å². The molecule has 1 N–H and O–H groups in total. The van der Waals surface area contributed by atoms with Crippen LogP contribution in [0, 0.1) is 5.82 Å². The van der Waals surface area contributed by atoms with Crippen LogP contribution in [0.5, 0.6) is 0 Å². The van der Waals surface area contributed by atoms with Crippen molar-refractivity contribution in [2.75, 3.05) is 12.3 Å². The number of rotatable bonds is 1. The molecule has 0 aliphatic carbocycles. The summed E-state index contributed by atoms with van der Waals surface area (Å²) in [4.78, 5) is 0. The summed E-state index contributed by atoms with van der Waals surface area (Å²) in [5.41, 5.74) is 0.755. The standard InChI is InChI=1S/C9H9BrFNS/c10-6-1-2-7(8(11)5-6)9-12-3-4-13-9/h1-2,5,9,12H,3-4H2. The van der Waals surface area contributed by atoms with Crippen LogP contribution < -0.4 is 5.32 Å².